The first kappa shape index (κ1) is 8.28. The molecule has 0 aliphatic rings. The van der Waals surface area contributed by atoms with Crippen LogP contribution in [0.4, 0.5) is 0 Å². The van der Waals surface area contributed by atoms with Crippen LogP contribution >= 0.6 is 8.46 Å². The fourth-order valence-electron chi connectivity index (χ4n) is 0.336. The van der Waals surface area contributed by atoms with E-state index in [1.54, 1.807) is 0 Å². The van der Waals surface area contributed by atoms with Crippen molar-refractivity contribution < 1.29 is 8.99 Å². The second-order valence-corrected chi connectivity index (χ2v) is 5.03. The predicted molar refractivity (Wildman–Crippen MR) is 38.7 cm³/mol. The highest BCUT2D eigenvalue weighted by Crippen LogP contribution is 1.91. The Hall–Kier alpha value is 0.277. The van der Waals surface area contributed by atoms with E-state index in [9.17, 15) is 4.57 Å². The van der Waals surface area contributed by atoms with Gasteiger partial charge in [-0.3, -0.25) is 0 Å². The molecule has 0 fully saturated rings. The van der Waals surface area contributed by atoms with Gasteiger partial charge < -0.3 is 4.43 Å². The summed E-state index contributed by atoms with van der Waals surface area (Å²) in [5.74, 6) is 0. The molecule has 0 aromatic heterocycles. The summed E-state index contributed by atoms with van der Waals surface area (Å²) in [6.07, 6.45) is 0.700. The Morgan fingerprint density at radius 3 is 2.62 bits per heavy atom. The molecule has 0 saturated heterocycles. The first-order valence-corrected chi connectivity index (χ1v) is 6.63. The maximum atomic E-state index is 9.87. The molecule has 48 valence electrons. The second kappa shape index (κ2) is 5.41. The quantitative estimate of drug-likeness (QED) is 0.340. The molecule has 1 atom stereocenters. The van der Waals surface area contributed by atoms with Crippen LogP contribution in [0, 0.1) is 0 Å². The van der Waals surface area contributed by atoms with Crippen molar-refractivity contribution in [2.45, 2.75) is 13.1 Å². The van der Waals surface area contributed by atoms with Crippen molar-refractivity contribution in [1.29, 1.82) is 0 Å². The van der Waals surface area contributed by atoms with Crippen molar-refractivity contribution in [3.05, 3.63) is 0 Å². The smallest absolute Gasteiger partial charge is 0.327 e. The molecule has 0 aliphatic carbocycles. The first-order valence-electron chi connectivity index (χ1n) is 2.74. The third-order valence-corrected chi connectivity index (χ3v) is 1.97. The first-order chi connectivity index (χ1) is 3.77. The Morgan fingerprint density at radius 2 is 2.25 bits per heavy atom. The zero-order chi connectivity index (χ0) is 6.41. The topological polar surface area (TPSA) is 26.3 Å². The van der Waals surface area contributed by atoms with Crippen molar-refractivity contribution >= 4 is 17.5 Å². The van der Waals surface area contributed by atoms with Gasteiger partial charge in [-0.1, -0.05) is 4.57 Å². The zero-order valence-corrected chi connectivity index (χ0v) is 7.46. The van der Waals surface area contributed by atoms with Crippen molar-refractivity contribution in [2.24, 2.45) is 0 Å². The largest absolute Gasteiger partial charge is 0.416 e. The fraction of sp³-hybridized carbons (Fsp3) is 1.00. The van der Waals surface area contributed by atoms with Gasteiger partial charge in [0.15, 0.2) is 15.2 Å². The van der Waals surface area contributed by atoms with Gasteiger partial charge in [0.2, 0.25) is 0 Å². The molecule has 0 aromatic carbocycles. The third-order valence-electron chi connectivity index (χ3n) is 0.655. The highest BCUT2D eigenvalue weighted by atomic mass is 31.1. The highest BCUT2D eigenvalue weighted by Gasteiger charge is 1.95. The van der Waals surface area contributed by atoms with E-state index < -0.39 is 9.04 Å². The van der Waals surface area contributed by atoms with Crippen LogP contribution in [-0.4, -0.2) is 21.8 Å². The summed E-state index contributed by atoms with van der Waals surface area (Å²) in [4.78, 5) is 0. The standard InChI is InChI=1S/C4H11O2PSi/c1-8(2)6-3-4-7-5/h8H,3-4H2,1-2H3/p+1. The number of hydrogen-bond donors (Lipinski definition) is 0. The molecule has 4 heteroatoms. The molecule has 0 aliphatic heterocycles. The van der Waals surface area contributed by atoms with Crippen LogP contribution in [0.5, 0.6) is 0 Å². The van der Waals surface area contributed by atoms with E-state index in [4.69, 9.17) is 4.43 Å². The second-order valence-electron chi connectivity index (χ2n) is 1.81. The molecule has 8 heavy (non-hydrogen) atoms. The zero-order valence-electron chi connectivity index (χ0n) is 5.31. The molecule has 0 aromatic rings. The molecule has 0 heterocycles. The molecule has 0 saturated carbocycles. The molecule has 0 spiro atoms. The van der Waals surface area contributed by atoms with E-state index in [1.807, 2.05) is 0 Å². The Balaban J connectivity index is 2.81. The predicted octanol–water partition coefficient (Wildman–Crippen LogP) is 1.01. The Bertz CT molecular complexity index is 67.1. The van der Waals surface area contributed by atoms with Crippen LogP contribution in [-0.2, 0) is 8.99 Å². The van der Waals surface area contributed by atoms with Crippen LogP contribution in [0.2, 0.25) is 13.1 Å². The van der Waals surface area contributed by atoms with Gasteiger partial charge in [-0.15, -0.1) is 0 Å². The molecular weight excluding hydrogens is 139 g/mol. The molecular formula is C4H12O2PSi+. The Morgan fingerprint density at radius 1 is 1.62 bits per heavy atom. The van der Waals surface area contributed by atoms with Gasteiger partial charge in [-0.25, -0.2) is 0 Å². The minimum atomic E-state index is -0.837. The summed E-state index contributed by atoms with van der Waals surface area (Å²) in [6, 6.07) is 0. The molecule has 0 bridgehead atoms. The molecule has 0 amide bonds. The van der Waals surface area contributed by atoms with Crippen molar-refractivity contribution in [3.63, 3.8) is 0 Å². The lowest BCUT2D eigenvalue weighted by atomic mass is 10.9. The average Bonchev–Trinajstić information content (AvgIpc) is 1.66. The van der Waals surface area contributed by atoms with Crippen LogP contribution in [0.1, 0.15) is 0 Å². The minimum Gasteiger partial charge on any atom is -0.416 e. The van der Waals surface area contributed by atoms with E-state index in [0.717, 1.165) is 0 Å². The van der Waals surface area contributed by atoms with Gasteiger partial charge in [0.25, 0.3) is 0 Å². The normalized spacial score (nSPS) is 10.9. The van der Waals surface area contributed by atoms with Gasteiger partial charge >= 0.3 is 8.46 Å². The molecule has 0 radical (unpaired) electrons. The number of hydrogen-bond acceptors (Lipinski definition) is 2. The van der Waals surface area contributed by atoms with E-state index in [0.29, 0.717) is 12.8 Å². The molecule has 0 N–H and O–H groups in total. The summed E-state index contributed by atoms with van der Waals surface area (Å²) in [5, 5.41) is 0. The highest BCUT2D eigenvalue weighted by molar-refractivity contribution is 7.23. The van der Waals surface area contributed by atoms with Crippen molar-refractivity contribution in [3.8, 4) is 0 Å². The average molecular weight is 151 g/mol. The van der Waals surface area contributed by atoms with Gasteiger partial charge in [-0.2, -0.15) is 0 Å². The monoisotopic (exact) mass is 151 g/mol. The fourth-order valence-corrected chi connectivity index (χ4v) is 1.36. The maximum Gasteiger partial charge on any atom is 0.327 e. The van der Waals surface area contributed by atoms with E-state index in [-0.39, 0.29) is 8.46 Å². The summed E-state index contributed by atoms with van der Waals surface area (Å²) in [7, 11) is -1.03. The molecule has 1 unspecified atom stereocenters. The SMILES string of the molecule is C[SiH](C)OCC[PH+]=O. The van der Waals surface area contributed by atoms with Gasteiger partial charge in [0, 0.05) is 0 Å². The van der Waals surface area contributed by atoms with Crippen LogP contribution in [0.3, 0.4) is 0 Å². The van der Waals surface area contributed by atoms with Gasteiger partial charge in [0.1, 0.15) is 0 Å². The van der Waals surface area contributed by atoms with E-state index in [2.05, 4.69) is 13.1 Å². The Labute approximate surface area is 53.2 Å². The minimum absolute atomic E-state index is 0.195. The third kappa shape index (κ3) is 6.28. The lowest BCUT2D eigenvalue weighted by Crippen LogP contribution is -2.08. The summed E-state index contributed by atoms with van der Waals surface area (Å²) >= 11 is 0. The van der Waals surface area contributed by atoms with E-state index in [1.165, 1.54) is 0 Å². The molecule has 0 rings (SSSR count). The van der Waals surface area contributed by atoms with Crippen LogP contribution < -0.4 is 0 Å². The van der Waals surface area contributed by atoms with E-state index >= 15 is 0 Å². The van der Waals surface area contributed by atoms with Gasteiger partial charge in [0.05, 0.1) is 6.61 Å². The Kier molecular flexibility index (Phi) is 5.60. The lowest BCUT2D eigenvalue weighted by Gasteiger charge is -1.99. The van der Waals surface area contributed by atoms with Crippen molar-refractivity contribution in [2.75, 3.05) is 12.8 Å². The summed E-state index contributed by atoms with van der Waals surface area (Å²) in [5.41, 5.74) is 0. The van der Waals surface area contributed by atoms with Crippen LogP contribution in [0.25, 0.3) is 0 Å². The maximum absolute atomic E-state index is 9.87. The van der Waals surface area contributed by atoms with Crippen molar-refractivity contribution in [1.82, 2.24) is 0 Å². The summed E-state index contributed by atoms with van der Waals surface area (Å²) in [6.45, 7) is 4.90. The van der Waals surface area contributed by atoms with Crippen LogP contribution in [0.15, 0.2) is 0 Å². The summed E-state index contributed by atoms with van der Waals surface area (Å²) < 4.78 is 15.1. The number of rotatable bonds is 4. The lowest BCUT2D eigenvalue weighted by molar-refractivity contribution is 0.352. The molecule has 2 nitrogen and oxygen atoms in total. The van der Waals surface area contributed by atoms with Gasteiger partial charge in [-0.05, 0) is 13.1 Å².